The Labute approximate surface area is 138 Å². The second-order valence-corrected chi connectivity index (χ2v) is 6.10. The maximum Gasteiger partial charge on any atom is 0.222 e. The molecule has 122 valence electrons. The van der Waals surface area contributed by atoms with E-state index in [0.717, 1.165) is 5.56 Å². The van der Waals surface area contributed by atoms with Crippen LogP contribution in [-0.4, -0.2) is 23.2 Å². The number of carbonyl (C=O) groups is 1. The van der Waals surface area contributed by atoms with E-state index >= 15 is 0 Å². The molecule has 3 heteroatoms. The Balaban J connectivity index is 1.82. The maximum atomic E-state index is 12.1. The van der Waals surface area contributed by atoms with Crippen LogP contribution in [0.15, 0.2) is 60.7 Å². The van der Waals surface area contributed by atoms with Crippen molar-refractivity contribution < 1.29 is 9.90 Å². The average Bonchev–Trinajstić information content (AvgIpc) is 2.55. The molecule has 2 aromatic rings. The Bertz CT molecular complexity index is 598. The lowest BCUT2D eigenvalue weighted by Gasteiger charge is -2.22. The number of carbonyl (C=O) groups excluding carboxylic acids is 1. The largest absolute Gasteiger partial charge is 0.392 e. The van der Waals surface area contributed by atoms with E-state index in [2.05, 4.69) is 24.4 Å². The predicted octanol–water partition coefficient (Wildman–Crippen LogP) is 3.29. The van der Waals surface area contributed by atoms with E-state index in [1.807, 2.05) is 55.5 Å². The highest BCUT2D eigenvalue weighted by Gasteiger charge is 2.18. The van der Waals surface area contributed by atoms with Crippen molar-refractivity contribution in [3.8, 4) is 0 Å². The molecule has 0 fully saturated rings. The summed E-state index contributed by atoms with van der Waals surface area (Å²) >= 11 is 0. The van der Waals surface area contributed by atoms with E-state index in [9.17, 15) is 9.90 Å². The number of amides is 1. The van der Waals surface area contributed by atoms with Crippen LogP contribution in [0.5, 0.6) is 0 Å². The summed E-state index contributed by atoms with van der Waals surface area (Å²) in [6, 6.07) is 19.9. The highest BCUT2D eigenvalue weighted by molar-refractivity contribution is 5.76. The maximum absolute atomic E-state index is 12.1. The molecule has 3 nitrogen and oxygen atoms in total. The summed E-state index contributed by atoms with van der Waals surface area (Å²) in [5.74, 6) is 0.120. The van der Waals surface area contributed by atoms with Crippen molar-refractivity contribution in [3.63, 3.8) is 0 Å². The Morgan fingerprint density at radius 3 is 2.17 bits per heavy atom. The van der Waals surface area contributed by atoms with Crippen LogP contribution in [-0.2, 0) is 11.2 Å². The van der Waals surface area contributed by atoms with Gasteiger partial charge in [0.15, 0.2) is 0 Å². The SMILES string of the molecule is C[C@H](NC(=O)C[C@H](O)Cc1ccccc1)[C@H](C)c1ccccc1. The quantitative estimate of drug-likeness (QED) is 0.824. The van der Waals surface area contributed by atoms with Gasteiger partial charge >= 0.3 is 0 Å². The first-order valence-electron chi connectivity index (χ1n) is 8.12. The molecule has 2 N–H and O–H groups in total. The Kier molecular flexibility index (Phi) is 6.36. The summed E-state index contributed by atoms with van der Waals surface area (Å²) in [6.07, 6.45) is -0.0333. The van der Waals surface area contributed by atoms with Gasteiger partial charge in [-0.2, -0.15) is 0 Å². The molecule has 0 heterocycles. The molecular weight excluding hydrogens is 286 g/mol. The molecule has 0 saturated heterocycles. The molecule has 2 aromatic carbocycles. The lowest BCUT2D eigenvalue weighted by molar-refractivity contribution is -0.123. The van der Waals surface area contributed by atoms with Crippen molar-refractivity contribution in [1.82, 2.24) is 5.32 Å². The minimum absolute atomic E-state index is 0.0221. The second-order valence-electron chi connectivity index (χ2n) is 6.10. The molecule has 0 spiro atoms. The van der Waals surface area contributed by atoms with Gasteiger partial charge in [-0.05, 0) is 24.5 Å². The van der Waals surface area contributed by atoms with Crippen LogP contribution in [0, 0.1) is 0 Å². The Morgan fingerprint density at radius 2 is 1.57 bits per heavy atom. The van der Waals surface area contributed by atoms with Crippen LogP contribution in [0.25, 0.3) is 0 Å². The van der Waals surface area contributed by atoms with Crippen molar-refractivity contribution in [1.29, 1.82) is 0 Å². The van der Waals surface area contributed by atoms with Gasteiger partial charge in [0.05, 0.1) is 12.5 Å². The van der Waals surface area contributed by atoms with Gasteiger partial charge in [-0.15, -0.1) is 0 Å². The minimum Gasteiger partial charge on any atom is -0.392 e. The smallest absolute Gasteiger partial charge is 0.222 e. The van der Waals surface area contributed by atoms with E-state index in [1.54, 1.807) is 0 Å². The van der Waals surface area contributed by atoms with Crippen molar-refractivity contribution in [2.45, 2.75) is 44.8 Å². The molecule has 23 heavy (non-hydrogen) atoms. The molecule has 0 saturated carbocycles. The van der Waals surface area contributed by atoms with Gasteiger partial charge in [0.2, 0.25) is 5.91 Å². The molecule has 3 atom stereocenters. The number of aliphatic hydroxyl groups excluding tert-OH is 1. The van der Waals surface area contributed by atoms with Crippen LogP contribution < -0.4 is 5.32 Å². The van der Waals surface area contributed by atoms with Gasteiger partial charge in [-0.3, -0.25) is 4.79 Å². The summed E-state index contributed by atoms with van der Waals surface area (Å²) in [4.78, 5) is 12.1. The molecule has 0 aliphatic rings. The van der Waals surface area contributed by atoms with Gasteiger partial charge in [0.1, 0.15) is 0 Å². The zero-order valence-corrected chi connectivity index (χ0v) is 13.8. The first-order chi connectivity index (χ1) is 11.1. The van der Waals surface area contributed by atoms with Crippen LogP contribution in [0.3, 0.4) is 0 Å². The number of rotatable bonds is 7. The lowest BCUT2D eigenvalue weighted by Crippen LogP contribution is -2.38. The van der Waals surface area contributed by atoms with E-state index in [0.29, 0.717) is 6.42 Å². The van der Waals surface area contributed by atoms with Crippen LogP contribution in [0.1, 0.15) is 37.3 Å². The molecule has 0 radical (unpaired) electrons. The third kappa shape index (κ3) is 5.53. The summed E-state index contributed by atoms with van der Waals surface area (Å²) < 4.78 is 0. The molecular formula is C20H25NO2. The molecule has 1 amide bonds. The minimum atomic E-state index is -0.656. The fourth-order valence-corrected chi connectivity index (χ4v) is 2.66. The third-order valence-electron chi connectivity index (χ3n) is 4.20. The second kappa shape index (κ2) is 8.49. The highest BCUT2D eigenvalue weighted by atomic mass is 16.3. The first-order valence-corrected chi connectivity index (χ1v) is 8.12. The van der Waals surface area contributed by atoms with Crippen molar-refractivity contribution in [2.75, 3.05) is 0 Å². The molecule has 0 bridgehead atoms. The van der Waals surface area contributed by atoms with Gasteiger partial charge in [0, 0.05) is 12.0 Å². The number of hydrogen-bond acceptors (Lipinski definition) is 2. The lowest BCUT2D eigenvalue weighted by atomic mass is 9.94. The van der Waals surface area contributed by atoms with Crippen molar-refractivity contribution in [3.05, 3.63) is 71.8 Å². The standard InChI is InChI=1S/C20H25NO2/c1-15(18-11-7-4-8-12-18)16(2)21-20(23)14-19(22)13-17-9-5-3-6-10-17/h3-12,15-16,19,22H,13-14H2,1-2H3,(H,21,23)/t15-,16-,19+/m0/s1. The Morgan fingerprint density at radius 1 is 1.00 bits per heavy atom. The van der Waals surface area contributed by atoms with Crippen molar-refractivity contribution in [2.24, 2.45) is 0 Å². The zero-order chi connectivity index (χ0) is 16.7. The van der Waals surface area contributed by atoms with Gasteiger partial charge in [-0.25, -0.2) is 0 Å². The number of nitrogens with one attached hydrogen (secondary N) is 1. The first kappa shape index (κ1) is 17.2. The van der Waals surface area contributed by atoms with Crippen LogP contribution in [0.4, 0.5) is 0 Å². The molecule has 0 aliphatic carbocycles. The van der Waals surface area contributed by atoms with E-state index < -0.39 is 6.10 Å². The molecule has 0 unspecified atom stereocenters. The van der Waals surface area contributed by atoms with Gasteiger partial charge in [-0.1, -0.05) is 67.6 Å². The van der Waals surface area contributed by atoms with E-state index in [1.165, 1.54) is 5.56 Å². The number of aliphatic hydroxyl groups is 1. The number of hydrogen-bond donors (Lipinski definition) is 2. The van der Waals surface area contributed by atoms with Crippen LogP contribution >= 0.6 is 0 Å². The topological polar surface area (TPSA) is 49.3 Å². The van der Waals surface area contributed by atoms with Gasteiger partial charge in [0.25, 0.3) is 0 Å². The molecule has 0 aliphatic heterocycles. The van der Waals surface area contributed by atoms with Crippen molar-refractivity contribution >= 4 is 5.91 Å². The molecule has 2 rings (SSSR count). The zero-order valence-electron chi connectivity index (χ0n) is 13.8. The normalized spacial score (nSPS) is 14.7. The fraction of sp³-hybridized carbons (Fsp3) is 0.350. The summed E-state index contributed by atoms with van der Waals surface area (Å²) in [5.41, 5.74) is 2.24. The van der Waals surface area contributed by atoms with E-state index in [-0.39, 0.29) is 24.3 Å². The summed E-state index contributed by atoms with van der Waals surface area (Å²) in [7, 11) is 0. The third-order valence-corrected chi connectivity index (χ3v) is 4.20. The van der Waals surface area contributed by atoms with Gasteiger partial charge < -0.3 is 10.4 Å². The monoisotopic (exact) mass is 311 g/mol. The van der Waals surface area contributed by atoms with E-state index in [4.69, 9.17) is 0 Å². The average molecular weight is 311 g/mol. The number of benzene rings is 2. The Hall–Kier alpha value is -2.13. The fourth-order valence-electron chi connectivity index (χ4n) is 2.66. The predicted molar refractivity (Wildman–Crippen MR) is 93.2 cm³/mol. The summed E-state index contributed by atoms with van der Waals surface area (Å²) in [6.45, 7) is 4.10. The highest BCUT2D eigenvalue weighted by Crippen LogP contribution is 2.18. The molecule has 0 aromatic heterocycles. The summed E-state index contributed by atoms with van der Waals surface area (Å²) in [5, 5.41) is 13.1. The van der Waals surface area contributed by atoms with Crippen LogP contribution in [0.2, 0.25) is 0 Å².